The fraction of sp³-hybridized carbons (Fsp3) is 0.364. The van der Waals surface area contributed by atoms with Crippen molar-refractivity contribution < 1.29 is 18.3 Å². The number of halogens is 2. The van der Waals surface area contributed by atoms with Gasteiger partial charge in [0.25, 0.3) is 6.43 Å². The Hall–Kier alpha value is -4.91. The van der Waals surface area contributed by atoms with Crippen LogP contribution < -0.4 is 15.8 Å². The van der Waals surface area contributed by atoms with Crippen molar-refractivity contribution in [3.8, 4) is 5.75 Å². The average Bonchev–Trinajstić information content (AvgIpc) is 3.77. The van der Waals surface area contributed by atoms with Gasteiger partial charge in [0.1, 0.15) is 11.2 Å². The number of ether oxygens (including phenoxy) is 2. The lowest BCUT2D eigenvalue weighted by Crippen LogP contribution is -2.28. The smallest absolute Gasteiger partial charge is 0.269 e. The molecular weight excluding hydrogens is 592 g/mol. The van der Waals surface area contributed by atoms with Gasteiger partial charge in [0.05, 0.1) is 36.7 Å². The van der Waals surface area contributed by atoms with E-state index in [0.717, 1.165) is 36.7 Å². The van der Waals surface area contributed by atoms with E-state index in [2.05, 4.69) is 62.8 Å². The van der Waals surface area contributed by atoms with E-state index in [1.54, 1.807) is 7.05 Å². The third-order valence-corrected chi connectivity index (χ3v) is 8.09. The highest BCUT2D eigenvalue weighted by atomic mass is 19.3. The lowest BCUT2D eigenvalue weighted by molar-refractivity contribution is 0.0154. The number of hydrogen-bond acceptors (Lipinski definition) is 9. The number of nitrogens with one attached hydrogen (secondary N) is 1. The predicted molar refractivity (Wildman–Crippen MR) is 170 cm³/mol. The van der Waals surface area contributed by atoms with Gasteiger partial charge in [-0.15, -0.1) is 0 Å². The second-order valence-corrected chi connectivity index (χ2v) is 12.3. The average molecular weight is 630 g/mol. The molecule has 0 unspecified atom stereocenters. The van der Waals surface area contributed by atoms with Crippen LogP contribution in [0.15, 0.2) is 67.4 Å². The van der Waals surface area contributed by atoms with E-state index < -0.39 is 6.43 Å². The monoisotopic (exact) mass is 629 g/mol. The Labute approximate surface area is 265 Å². The summed E-state index contributed by atoms with van der Waals surface area (Å²) in [5.74, 6) is 0.748. The summed E-state index contributed by atoms with van der Waals surface area (Å²) in [6.45, 7) is 6.95. The zero-order valence-corrected chi connectivity index (χ0v) is 26.2. The Bertz CT molecular complexity index is 1830. The minimum Gasteiger partial charge on any atom is -0.451 e. The van der Waals surface area contributed by atoms with Gasteiger partial charge in [-0.25, -0.2) is 18.7 Å². The third kappa shape index (κ3) is 6.27. The van der Waals surface area contributed by atoms with Crippen molar-refractivity contribution in [3.05, 3.63) is 89.9 Å². The number of aryl methyl sites for hydroxylation is 1. The van der Waals surface area contributed by atoms with E-state index in [-0.39, 0.29) is 51.5 Å². The minimum atomic E-state index is -2.90. The molecule has 3 N–H and O–H groups in total. The molecule has 13 heteroatoms. The van der Waals surface area contributed by atoms with Crippen molar-refractivity contribution in [2.45, 2.75) is 70.6 Å². The third-order valence-electron chi connectivity index (χ3n) is 8.09. The fourth-order valence-electron chi connectivity index (χ4n) is 5.84. The molecule has 0 amide bonds. The van der Waals surface area contributed by atoms with Crippen LogP contribution in [0.2, 0.25) is 0 Å². The first-order valence-electron chi connectivity index (χ1n) is 15.2. The van der Waals surface area contributed by atoms with Crippen molar-refractivity contribution in [1.29, 1.82) is 0 Å². The van der Waals surface area contributed by atoms with Crippen LogP contribution in [0.4, 0.5) is 20.5 Å². The lowest BCUT2D eigenvalue weighted by atomic mass is 9.91. The van der Waals surface area contributed by atoms with E-state index in [4.69, 9.17) is 20.3 Å². The van der Waals surface area contributed by atoms with Gasteiger partial charge in [-0.2, -0.15) is 10.1 Å². The molecule has 1 aromatic carbocycles. The van der Waals surface area contributed by atoms with Gasteiger partial charge in [-0.1, -0.05) is 51.1 Å². The molecule has 1 aliphatic rings. The van der Waals surface area contributed by atoms with Crippen LogP contribution >= 0.6 is 0 Å². The number of hydrogen-bond donors (Lipinski definition) is 2. The van der Waals surface area contributed by atoms with Gasteiger partial charge < -0.3 is 25.1 Å². The molecule has 4 heterocycles. The molecule has 2 atom stereocenters. The number of imidazole rings is 1. The molecule has 0 aliphatic heterocycles. The molecule has 0 radical (unpaired) electrons. The summed E-state index contributed by atoms with van der Waals surface area (Å²) in [7, 11) is 1.64. The number of fused-ring (bicyclic) bond motifs is 1. The van der Waals surface area contributed by atoms with Crippen LogP contribution in [0, 0.1) is 0 Å². The number of aromatic nitrogens is 7. The number of nitrogens with two attached hydrogens (primary N) is 1. The quantitative estimate of drug-likeness (QED) is 0.165. The first-order valence-corrected chi connectivity index (χ1v) is 15.2. The molecule has 4 aromatic heterocycles. The van der Waals surface area contributed by atoms with Crippen molar-refractivity contribution in [3.63, 3.8) is 0 Å². The van der Waals surface area contributed by atoms with Crippen molar-refractivity contribution in [2.24, 2.45) is 12.8 Å². The molecule has 1 fully saturated rings. The van der Waals surface area contributed by atoms with Gasteiger partial charge in [0.15, 0.2) is 23.0 Å². The minimum absolute atomic E-state index is 0.00959. The molecule has 46 heavy (non-hydrogen) atoms. The van der Waals surface area contributed by atoms with Gasteiger partial charge in [-0.05, 0) is 24.8 Å². The summed E-state index contributed by atoms with van der Waals surface area (Å²) in [6, 6.07) is 12.2. The number of nitrogens with zero attached hydrogens (tertiary/aromatic N) is 7. The zero-order chi connectivity index (χ0) is 32.4. The Balaban J connectivity index is 1.31. The second-order valence-electron chi connectivity index (χ2n) is 12.3. The van der Waals surface area contributed by atoms with Crippen LogP contribution in [0.3, 0.4) is 0 Å². The van der Waals surface area contributed by atoms with Crippen molar-refractivity contribution in [1.82, 2.24) is 34.3 Å². The molecule has 0 spiro atoms. The highest BCUT2D eigenvalue weighted by Crippen LogP contribution is 2.40. The van der Waals surface area contributed by atoms with Crippen LogP contribution in [0.1, 0.15) is 75.0 Å². The van der Waals surface area contributed by atoms with E-state index in [1.807, 2.05) is 24.3 Å². The summed E-state index contributed by atoms with van der Waals surface area (Å²) < 4.78 is 45.1. The molecule has 1 saturated carbocycles. The highest BCUT2D eigenvalue weighted by Gasteiger charge is 2.35. The normalized spacial score (nSPS) is 17.2. The van der Waals surface area contributed by atoms with E-state index in [9.17, 15) is 8.78 Å². The summed E-state index contributed by atoms with van der Waals surface area (Å²) in [6.07, 6.45) is 6.74. The number of rotatable bonds is 10. The van der Waals surface area contributed by atoms with Crippen LogP contribution in [-0.2, 0) is 23.8 Å². The molecule has 5 aromatic rings. The molecule has 1 aliphatic carbocycles. The van der Waals surface area contributed by atoms with Gasteiger partial charge in [0.2, 0.25) is 5.95 Å². The van der Waals surface area contributed by atoms with Crippen LogP contribution in [0.25, 0.3) is 16.9 Å². The van der Waals surface area contributed by atoms with Gasteiger partial charge in [0, 0.05) is 42.8 Å². The largest absolute Gasteiger partial charge is 0.451 e. The molecule has 0 saturated heterocycles. The summed E-state index contributed by atoms with van der Waals surface area (Å²) in [4.78, 5) is 17.0. The fourth-order valence-corrected chi connectivity index (χ4v) is 5.84. The Morgan fingerprint density at radius 2 is 1.93 bits per heavy atom. The predicted octanol–water partition coefficient (Wildman–Crippen LogP) is 6.58. The molecular formula is C33H37F2N9O2. The topological polar surface area (TPSA) is 131 Å². The van der Waals surface area contributed by atoms with Gasteiger partial charge >= 0.3 is 0 Å². The number of anilines is 2. The molecule has 0 bridgehead atoms. The number of pyridine rings is 1. The van der Waals surface area contributed by atoms with Crippen LogP contribution in [0.5, 0.6) is 5.75 Å². The SMILES string of the molecule is Cn1c(Nc2cc(C(C)(C)C)n([C@H]3CCC[C@H]3OCc3ccccc3)n2)nc2ncc(OC(=CN)c3cnccn3)c(C(F)F)c21. The summed E-state index contributed by atoms with van der Waals surface area (Å²) in [5.41, 5.74) is 7.84. The Morgan fingerprint density at radius 3 is 2.63 bits per heavy atom. The zero-order valence-electron chi connectivity index (χ0n) is 26.2. The second kappa shape index (κ2) is 12.8. The first kappa shape index (κ1) is 31.1. The number of alkyl halides is 2. The first-order chi connectivity index (χ1) is 22.1. The summed E-state index contributed by atoms with van der Waals surface area (Å²) in [5, 5.41) is 8.23. The summed E-state index contributed by atoms with van der Waals surface area (Å²) >= 11 is 0. The maximum atomic E-state index is 14.6. The highest BCUT2D eigenvalue weighted by molar-refractivity contribution is 5.82. The molecule has 240 valence electrons. The van der Waals surface area contributed by atoms with Crippen LogP contribution in [-0.4, -0.2) is 40.4 Å². The standard InChI is InChI=1S/C33H37F2N9O2/c1-33(2,3)26-15-27(42-44(26)22-11-8-12-23(22)45-19-20-9-6-5-7-10-20)40-32-41-31-29(43(32)4)28(30(34)35)25(18-39-31)46-24(16-36)21-17-37-13-14-38-21/h5-7,9-10,13-18,22-23,30H,8,11-12,19,36H2,1-4H3,(H,39,40,41,42)/t22-,23+/m0/s1. The van der Waals surface area contributed by atoms with E-state index >= 15 is 0 Å². The molecule has 11 nitrogen and oxygen atoms in total. The van der Waals surface area contributed by atoms with Crippen molar-refractivity contribution >= 4 is 28.7 Å². The van der Waals surface area contributed by atoms with E-state index in [1.165, 1.54) is 29.4 Å². The number of benzene rings is 1. The Kier molecular flexibility index (Phi) is 8.67. The van der Waals surface area contributed by atoms with Crippen molar-refractivity contribution in [2.75, 3.05) is 5.32 Å². The maximum absolute atomic E-state index is 14.6. The lowest BCUT2D eigenvalue weighted by Gasteiger charge is -2.27. The Morgan fingerprint density at radius 1 is 1.13 bits per heavy atom. The van der Waals surface area contributed by atoms with E-state index in [0.29, 0.717) is 18.4 Å². The van der Waals surface area contributed by atoms with Gasteiger partial charge in [-0.3, -0.25) is 9.67 Å². The maximum Gasteiger partial charge on any atom is 0.269 e. The molecule has 6 rings (SSSR count).